The molecule has 0 heterocycles. The summed E-state index contributed by atoms with van der Waals surface area (Å²) in [5, 5.41) is 17.9. The van der Waals surface area contributed by atoms with Crippen molar-refractivity contribution in [2.75, 3.05) is 0 Å². The van der Waals surface area contributed by atoms with E-state index < -0.39 is 21.1 Å². The summed E-state index contributed by atoms with van der Waals surface area (Å²) in [5.41, 5.74) is 0.533. The third-order valence-corrected chi connectivity index (χ3v) is 3.92. The SMILES string of the molecule is CC1=C(C(=O)O)C(Br)(Br)C(C(=O)O)C=C1. The van der Waals surface area contributed by atoms with Gasteiger partial charge in [0.1, 0.15) is 9.15 Å². The van der Waals surface area contributed by atoms with Crippen molar-refractivity contribution in [3.8, 4) is 0 Å². The van der Waals surface area contributed by atoms with E-state index in [-0.39, 0.29) is 5.57 Å². The number of halogens is 2. The summed E-state index contributed by atoms with van der Waals surface area (Å²) in [5.74, 6) is -3.18. The summed E-state index contributed by atoms with van der Waals surface area (Å²) in [4.78, 5) is 21.9. The molecule has 1 aliphatic carbocycles. The largest absolute Gasteiger partial charge is 0.481 e. The minimum atomic E-state index is -1.25. The monoisotopic (exact) mass is 338 g/mol. The Kier molecular flexibility index (Phi) is 3.40. The number of carboxylic acids is 2. The molecule has 82 valence electrons. The first-order valence-corrected chi connectivity index (χ1v) is 5.60. The van der Waals surface area contributed by atoms with E-state index in [9.17, 15) is 9.59 Å². The predicted octanol–water partition coefficient (Wildman–Crippen LogP) is 2.14. The first-order valence-electron chi connectivity index (χ1n) is 4.02. The Bertz CT molecular complexity index is 382. The fourth-order valence-electron chi connectivity index (χ4n) is 1.41. The molecule has 0 aromatic rings. The van der Waals surface area contributed by atoms with E-state index in [2.05, 4.69) is 31.9 Å². The molecule has 0 aromatic carbocycles. The molecule has 0 amide bonds. The molecule has 1 atom stereocenters. The van der Waals surface area contributed by atoms with Crippen LogP contribution in [0, 0.1) is 5.92 Å². The molecule has 0 radical (unpaired) electrons. The molecule has 0 saturated carbocycles. The number of alkyl halides is 2. The summed E-state index contributed by atoms with van der Waals surface area (Å²) < 4.78 is -1.25. The van der Waals surface area contributed by atoms with Crippen LogP contribution in [-0.4, -0.2) is 25.4 Å². The van der Waals surface area contributed by atoms with Crippen molar-refractivity contribution in [2.45, 2.75) is 10.2 Å². The van der Waals surface area contributed by atoms with Gasteiger partial charge in [0.25, 0.3) is 0 Å². The van der Waals surface area contributed by atoms with Crippen LogP contribution < -0.4 is 0 Å². The molecule has 1 unspecified atom stereocenters. The average molecular weight is 340 g/mol. The van der Waals surface area contributed by atoms with Crippen molar-refractivity contribution in [2.24, 2.45) is 5.92 Å². The third-order valence-electron chi connectivity index (χ3n) is 2.14. The van der Waals surface area contributed by atoms with Gasteiger partial charge >= 0.3 is 11.9 Å². The highest BCUT2D eigenvalue weighted by atomic mass is 79.9. The van der Waals surface area contributed by atoms with Crippen LogP contribution in [0.5, 0.6) is 0 Å². The molecule has 1 aliphatic rings. The standard InChI is InChI=1S/C9H8Br2O4/c1-4-2-3-5(7(12)13)9(10,11)6(4)8(14)15/h2-3,5H,1H3,(H,12,13)(H,14,15). The van der Waals surface area contributed by atoms with Crippen molar-refractivity contribution in [3.05, 3.63) is 23.3 Å². The van der Waals surface area contributed by atoms with Gasteiger partial charge in [0.2, 0.25) is 0 Å². The fraction of sp³-hybridized carbons (Fsp3) is 0.333. The Hall–Kier alpha value is -0.620. The highest BCUT2D eigenvalue weighted by Crippen LogP contribution is 2.46. The van der Waals surface area contributed by atoms with Crippen molar-refractivity contribution in [1.82, 2.24) is 0 Å². The first kappa shape index (κ1) is 12.4. The topological polar surface area (TPSA) is 74.6 Å². The van der Waals surface area contributed by atoms with Crippen LogP contribution in [0.2, 0.25) is 0 Å². The van der Waals surface area contributed by atoms with Gasteiger partial charge in [-0.2, -0.15) is 0 Å². The van der Waals surface area contributed by atoms with E-state index in [4.69, 9.17) is 10.2 Å². The van der Waals surface area contributed by atoms with Crippen molar-refractivity contribution in [1.29, 1.82) is 0 Å². The third kappa shape index (κ3) is 2.15. The van der Waals surface area contributed by atoms with Crippen LogP contribution >= 0.6 is 31.9 Å². The highest BCUT2D eigenvalue weighted by Gasteiger charge is 2.46. The van der Waals surface area contributed by atoms with Crippen molar-refractivity contribution < 1.29 is 19.8 Å². The molecule has 2 N–H and O–H groups in total. The first-order chi connectivity index (χ1) is 6.78. The second kappa shape index (κ2) is 4.09. The number of allylic oxidation sites excluding steroid dienone is 2. The number of aliphatic carboxylic acids is 2. The van der Waals surface area contributed by atoms with E-state index in [0.29, 0.717) is 5.57 Å². The Morgan fingerprint density at radius 1 is 1.40 bits per heavy atom. The maximum absolute atomic E-state index is 11.0. The van der Waals surface area contributed by atoms with Crippen LogP contribution in [0.4, 0.5) is 0 Å². The molecule has 6 heteroatoms. The van der Waals surface area contributed by atoms with Gasteiger partial charge in [-0.05, 0) is 12.5 Å². The van der Waals surface area contributed by atoms with Gasteiger partial charge in [-0.3, -0.25) is 4.79 Å². The lowest BCUT2D eigenvalue weighted by Gasteiger charge is -2.30. The summed E-state index contributed by atoms with van der Waals surface area (Å²) in [6.07, 6.45) is 2.95. The Morgan fingerprint density at radius 3 is 2.33 bits per heavy atom. The van der Waals surface area contributed by atoms with Gasteiger partial charge in [0.15, 0.2) is 0 Å². The summed E-state index contributed by atoms with van der Waals surface area (Å²) in [7, 11) is 0. The van der Waals surface area contributed by atoms with Crippen LogP contribution in [0.3, 0.4) is 0 Å². The molecule has 0 fully saturated rings. The maximum Gasteiger partial charge on any atom is 0.334 e. The number of carboxylic acid groups (broad SMARTS) is 2. The second-order valence-electron chi connectivity index (χ2n) is 3.16. The van der Waals surface area contributed by atoms with Crippen molar-refractivity contribution >= 4 is 43.8 Å². The van der Waals surface area contributed by atoms with Crippen LogP contribution in [0.1, 0.15) is 6.92 Å². The Labute approximate surface area is 103 Å². The molecule has 0 aromatic heterocycles. The number of hydrogen-bond acceptors (Lipinski definition) is 2. The molecular weight excluding hydrogens is 332 g/mol. The van der Waals surface area contributed by atoms with E-state index in [0.717, 1.165) is 0 Å². The zero-order valence-electron chi connectivity index (χ0n) is 7.70. The summed E-state index contributed by atoms with van der Waals surface area (Å²) in [6, 6.07) is 0. The lowest BCUT2D eigenvalue weighted by atomic mass is 9.90. The zero-order chi connectivity index (χ0) is 11.8. The van der Waals surface area contributed by atoms with Gasteiger partial charge in [-0.25, -0.2) is 4.79 Å². The zero-order valence-corrected chi connectivity index (χ0v) is 10.9. The van der Waals surface area contributed by atoms with Crippen LogP contribution in [-0.2, 0) is 9.59 Å². The number of hydrogen-bond donors (Lipinski definition) is 2. The number of carbonyl (C=O) groups is 2. The molecular formula is C9H8Br2O4. The van der Waals surface area contributed by atoms with Gasteiger partial charge < -0.3 is 10.2 Å². The fourth-order valence-corrected chi connectivity index (χ4v) is 3.07. The lowest BCUT2D eigenvalue weighted by molar-refractivity contribution is -0.140. The predicted molar refractivity (Wildman–Crippen MR) is 61.2 cm³/mol. The molecule has 0 aliphatic heterocycles. The van der Waals surface area contributed by atoms with Gasteiger partial charge in [-0.1, -0.05) is 44.0 Å². The maximum atomic E-state index is 11.0. The smallest absolute Gasteiger partial charge is 0.334 e. The Balaban J connectivity index is 3.29. The normalized spacial score (nSPS) is 24.1. The molecule has 0 saturated heterocycles. The van der Waals surface area contributed by atoms with Gasteiger partial charge in [-0.15, -0.1) is 0 Å². The molecule has 1 rings (SSSR count). The lowest BCUT2D eigenvalue weighted by Crippen LogP contribution is -2.37. The van der Waals surface area contributed by atoms with Gasteiger partial charge in [0.05, 0.1) is 5.57 Å². The highest BCUT2D eigenvalue weighted by molar-refractivity contribution is 9.25. The minimum absolute atomic E-state index is 0.0115. The summed E-state index contributed by atoms with van der Waals surface area (Å²) in [6.45, 7) is 1.62. The van der Waals surface area contributed by atoms with E-state index in [1.807, 2.05) is 0 Å². The molecule has 0 spiro atoms. The van der Waals surface area contributed by atoms with E-state index in [1.165, 1.54) is 12.2 Å². The second-order valence-corrected chi connectivity index (χ2v) is 6.73. The summed E-state index contributed by atoms with van der Waals surface area (Å²) >= 11 is 6.23. The van der Waals surface area contributed by atoms with Crippen molar-refractivity contribution in [3.63, 3.8) is 0 Å². The number of rotatable bonds is 2. The molecule has 15 heavy (non-hydrogen) atoms. The average Bonchev–Trinajstić information content (AvgIpc) is 1.99. The van der Waals surface area contributed by atoms with E-state index >= 15 is 0 Å². The minimum Gasteiger partial charge on any atom is -0.481 e. The van der Waals surface area contributed by atoms with E-state index in [1.54, 1.807) is 6.92 Å². The molecule has 4 nitrogen and oxygen atoms in total. The Morgan fingerprint density at radius 2 is 1.93 bits per heavy atom. The van der Waals surface area contributed by atoms with Gasteiger partial charge in [0, 0.05) is 0 Å². The molecule has 0 bridgehead atoms. The van der Waals surface area contributed by atoms with Crippen LogP contribution in [0.15, 0.2) is 23.3 Å². The quantitative estimate of drug-likeness (QED) is 0.756. The van der Waals surface area contributed by atoms with Crippen LogP contribution in [0.25, 0.3) is 0 Å².